The first-order chi connectivity index (χ1) is 8.79. The lowest BCUT2D eigenvalue weighted by molar-refractivity contribution is 0.152. The van der Waals surface area contributed by atoms with Crippen LogP contribution < -0.4 is 10.5 Å². The molecule has 0 spiro atoms. The lowest BCUT2D eigenvalue weighted by atomic mass is 9.90. The van der Waals surface area contributed by atoms with Crippen molar-refractivity contribution in [2.75, 3.05) is 26.2 Å². The van der Waals surface area contributed by atoms with E-state index < -0.39 is 0 Å². The van der Waals surface area contributed by atoms with Gasteiger partial charge in [-0.1, -0.05) is 25.1 Å². The number of nitrogens with zero attached hydrogens (tertiary/aromatic N) is 1. The largest absolute Gasteiger partial charge is 0.492 e. The summed E-state index contributed by atoms with van der Waals surface area (Å²) in [5.74, 6) is 1.52. The van der Waals surface area contributed by atoms with E-state index in [0.29, 0.717) is 12.5 Å². The molecule has 2 N–H and O–H groups in total. The van der Waals surface area contributed by atoms with Gasteiger partial charge in [-0.3, -0.25) is 0 Å². The Morgan fingerprint density at radius 3 is 2.56 bits per heavy atom. The summed E-state index contributed by atoms with van der Waals surface area (Å²) in [6.45, 7) is 6.36. The first-order valence-corrected chi connectivity index (χ1v) is 6.95. The highest BCUT2D eigenvalue weighted by Crippen LogP contribution is 2.20. The number of benzene rings is 1. The van der Waals surface area contributed by atoms with Gasteiger partial charge in [-0.15, -0.1) is 0 Å². The molecule has 100 valence electrons. The second-order valence-electron chi connectivity index (χ2n) is 5.06. The maximum atomic E-state index is 6.24. The SMILES string of the molecule is CCN1CCC(C(N)COc2ccccc2)CC1. The highest BCUT2D eigenvalue weighted by molar-refractivity contribution is 5.20. The topological polar surface area (TPSA) is 38.5 Å². The summed E-state index contributed by atoms with van der Waals surface area (Å²) in [5, 5.41) is 0. The van der Waals surface area contributed by atoms with E-state index in [0.717, 1.165) is 12.3 Å². The molecule has 0 bridgehead atoms. The summed E-state index contributed by atoms with van der Waals surface area (Å²) in [5.41, 5.74) is 6.24. The maximum absolute atomic E-state index is 6.24. The third kappa shape index (κ3) is 3.72. The smallest absolute Gasteiger partial charge is 0.119 e. The molecule has 0 saturated carbocycles. The van der Waals surface area contributed by atoms with E-state index in [-0.39, 0.29) is 6.04 Å². The predicted molar refractivity (Wildman–Crippen MR) is 74.8 cm³/mol. The molecule has 1 fully saturated rings. The van der Waals surface area contributed by atoms with Crippen LogP contribution in [0.4, 0.5) is 0 Å². The van der Waals surface area contributed by atoms with E-state index in [4.69, 9.17) is 10.5 Å². The summed E-state index contributed by atoms with van der Waals surface area (Å²) in [4.78, 5) is 2.49. The van der Waals surface area contributed by atoms with E-state index in [2.05, 4.69) is 11.8 Å². The van der Waals surface area contributed by atoms with E-state index in [9.17, 15) is 0 Å². The molecule has 0 aliphatic carbocycles. The Bertz CT molecular complexity index is 334. The van der Waals surface area contributed by atoms with E-state index in [1.807, 2.05) is 30.3 Å². The van der Waals surface area contributed by atoms with Gasteiger partial charge < -0.3 is 15.4 Å². The fourth-order valence-electron chi connectivity index (χ4n) is 2.54. The minimum absolute atomic E-state index is 0.157. The van der Waals surface area contributed by atoms with Crippen molar-refractivity contribution in [2.24, 2.45) is 11.7 Å². The van der Waals surface area contributed by atoms with Crippen LogP contribution >= 0.6 is 0 Å². The first kappa shape index (κ1) is 13.4. The van der Waals surface area contributed by atoms with Gasteiger partial charge >= 0.3 is 0 Å². The third-order valence-electron chi connectivity index (χ3n) is 3.87. The molecule has 1 aliphatic rings. The Morgan fingerprint density at radius 1 is 1.28 bits per heavy atom. The zero-order valence-electron chi connectivity index (χ0n) is 11.2. The van der Waals surface area contributed by atoms with E-state index in [1.165, 1.54) is 25.9 Å². The number of hydrogen-bond acceptors (Lipinski definition) is 3. The van der Waals surface area contributed by atoms with Crippen LogP contribution in [0.2, 0.25) is 0 Å². The van der Waals surface area contributed by atoms with Crippen LogP contribution in [-0.4, -0.2) is 37.2 Å². The van der Waals surface area contributed by atoms with Crippen molar-refractivity contribution < 1.29 is 4.74 Å². The number of nitrogens with two attached hydrogens (primary N) is 1. The molecule has 1 aromatic carbocycles. The van der Waals surface area contributed by atoms with Crippen molar-refractivity contribution >= 4 is 0 Å². The zero-order chi connectivity index (χ0) is 12.8. The molecule has 0 amide bonds. The van der Waals surface area contributed by atoms with Crippen LogP contribution in [0.15, 0.2) is 30.3 Å². The summed E-state index contributed by atoms with van der Waals surface area (Å²) in [7, 11) is 0. The molecule has 1 saturated heterocycles. The molecule has 1 unspecified atom stereocenters. The summed E-state index contributed by atoms with van der Waals surface area (Å²) in [6, 6.07) is 10.1. The van der Waals surface area contributed by atoms with Gasteiger partial charge in [0.05, 0.1) is 0 Å². The number of rotatable bonds is 5. The molecule has 3 heteroatoms. The molecular weight excluding hydrogens is 224 g/mol. The molecule has 18 heavy (non-hydrogen) atoms. The predicted octanol–water partition coefficient (Wildman–Crippen LogP) is 2.12. The van der Waals surface area contributed by atoms with Crippen molar-refractivity contribution in [3.63, 3.8) is 0 Å². The van der Waals surface area contributed by atoms with Crippen LogP contribution in [0, 0.1) is 5.92 Å². The average molecular weight is 248 g/mol. The summed E-state index contributed by atoms with van der Waals surface area (Å²) < 4.78 is 5.74. The Balaban J connectivity index is 1.73. The lowest BCUT2D eigenvalue weighted by Crippen LogP contribution is -2.43. The number of ether oxygens (including phenoxy) is 1. The molecular formula is C15H24N2O. The molecule has 0 aromatic heterocycles. The standard InChI is InChI=1S/C15H24N2O/c1-2-17-10-8-13(9-11-17)15(16)12-18-14-6-4-3-5-7-14/h3-7,13,15H,2,8-12,16H2,1H3. The van der Waals surface area contributed by atoms with Crippen molar-refractivity contribution in [3.8, 4) is 5.75 Å². The van der Waals surface area contributed by atoms with Crippen LogP contribution in [0.25, 0.3) is 0 Å². The first-order valence-electron chi connectivity index (χ1n) is 6.95. The normalized spacial score (nSPS) is 19.7. The molecule has 1 heterocycles. The monoisotopic (exact) mass is 248 g/mol. The minimum Gasteiger partial charge on any atom is -0.492 e. The van der Waals surface area contributed by atoms with Crippen molar-refractivity contribution in [3.05, 3.63) is 30.3 Å². The summed E-state index contributed by atoms with van der Waals surface area (Å²) >= 11 is 0. The van der Waals surface area contributed by atoms with Crippen molar-refractivity contribution in [1.29, 1.82) is 0 Å². The van der Waals surface area contributed by atoms with Gasteiger partial charge in [0, 0.05) is 6.04 Å². The van der Waals surface area contributed by atoms with E-state index >= 15 is 0 Å². The zero-order valence-corrected chi connectivity index (χ0v) is 11.2. The number of likely N-dealkylation sites (tertiary alicyclic amines) is 1. The highest BCUT2D eigenvalue weighted by atomic mass is 16.5. The number of para-hydroxylation sites is 1. The lowest BCUT2D eigenvalue weighted by Gasteiger charge is -2.33. The fourth-order valence-corrected chi connectivity index (χ4v) is 2.54. The minimum atomic E-state index is 0.157. The Hall–Kier alpha value is -1.06. The summed E-state index contributed by atoms with van der Waals surface area (Å²) in [6.07, 6.45) is 2.40. The maximum Gasteiger partial charge on any atom is 0.119 e. The van der Waals surface area contributed by atoms with Crippen molar-refractivity contribution in [1.82, 2.24) is 4.90 Å². The quantitative estimate of drug-likeness (QED) is 0.867. The van der Waals surface area contributed by atoms with Crippen LogP contribution in [0.1, 0.15) is 19.8 Å². The molecule has 2 rings (SSSR count). The van der Waals surface area contributed by atoms with Crippen molar-refractivity contribution in [2.45, 2.75) is 25.8 Å². The van der Waals surface area contributed by atoms with Gasteiger partial charge in [-0.05, 0) is 50.5 Å². The number of hydrogen-bond donors (Lipinski definition) is 1. The highest BCUT2D eigenvalue weighted by Gasteiger charge is 2.23. The molecule has 1 aromatic rings. The van der Waals surface area contributed by atoms with Crippen LogP contribution in [0.5, 0.6) is 5.75 Å². The second kappa shape index (κ2) is 6.76. The molecule has 3 nitrogen and oxygen atoms in total. The Labute approximate surface area is 110 Å². The fraction of sp³-hybridized carbons (Fsp3) is 0.600. The van der Waals surface area contributed by atoms with Gasteiger partial charge in [0.2, 0.25) is 0 Å². The average Bonchev–Trinajstić information content (AvgIpc) is 2.46. The third-order valence-corrected chi connectivity index (χ3v) is 3.87. The Morgan fingerprint density at radius 2 is 1.94 bits per heavy atom. The van der Waals surface area contributed by atoms with Gasteiger partial charge in [0.25, 0.3) is 0 Å². The van der Waals surface area contributed by atoms with Gasteiger partial charge in [0.1, 0.15) is 12.4 Å². The van der Waals surface area contributed by atoms with Gasteiger partial charge in [-0.25, -0.2) is 0 Å². The van der Waals surface area contributed by atoms with E-state index in [1.54, 1.807) is 0 Å². The molecule has 0 radical (unpaired) electrons. The van der Waals surface area contributed by atoms with Gasteiger partial charge in [0.15, 0.2) is 0 Å². The second-order valence-corrected chi connectivity index (χ2v) is 5.06. The van der Waals surface area contributed by atoms with Crippen LogP contribution in [0.3, 0.4) is 0 Å². The molecule has 1 aliphatic heterocycles. The van der Waals surface area contributed by atoms with Gasteiger partial charge in [-0.2, -0.15) is 0 Å². The Kier molecular flexibility index (Phi) is 5.02. The molecule has 1 atom stereocenters. The van der Waals surface area contributed by atoms with Crippen LogP contribution in [-0.2, 0) is 0 Å². The number of piperidine rings is 1.